The molecule has 0 atom stereocenters. The van der Waals surface area contributed by atoms with E-state index in [1.807, 2.05) is 37.2 Å². The second kappa shape index (κ2) is 6.45. The lowest BCUT2D eigenvalue weighted by atomic mass is 10.4. The van der Waals surface area contributed by atoms with Gasteiger partial charge in [0.2, 0.25) is 5.88 Å². The van der Waals surface area contributed by atoms with Gasteiger partial charge < -0.3 is 15.4 Å². The molecule has 2 N–H and O–H groups in total. The maximum Gasteiger partial charge on any atom is 0.215 e. The van der Waals surface area contributed by atoms with Gasteiger partial charge in [-0.25, -0.2) is 0 Å². The number of hydrogen-bond donors (Lipinski definition) is 1. The van der Waals surface area contributed by atoms with Gasteiger partial charge in [-0.3, -0.25) is 0 Å². The van der Waals surface area contributed by atoms with E-state index in [4.69, 9.17) is 10.5 Å². The third-order valence-electron chi connectivity index (χ3n) is 1.53. The maximum absolute atomic E-state index is 5.31. The lowest BCUT2D eigenvalue weighted by Gasteiger charge is -2.12. The highest BCUT2D eigenvalue weighted by Crippen LogP contribution is 2.12. The van der Waals surface area contributed by atoms with Crippen molar-refractivity contribution in [1.82, 2.24) is 4.98 Å². The van der Waals surface area contributed by atoms with Crippen molar-refractivity contribution >= 4 is 18.2 Å². The molecular weight excluding hydrogens is 202 g/mol. The van der Waals surface area contributed by atoms with Crippen molar-refractivity contribution in [3.8, 4) is 5.88 Å². The molecule has 5 heteroatoms. The van der Waals surface area contributed by atoms with E-state index in [0.717, 1.165) is 5.82 Å². The van der Waals surface area contributed by atoms with Crippen molar-refractivity contribution in [3.05, 3.63) is 18.2 Å². The van der Waals surface area contributed by atoms with E-state index in [-0.39, 0.29) is 12.4 Å². The fourth-order valence-corrected chi connectivity index (χ4v) is 0.897. The lowest BCUT2D eigenvalue weighted by molar-refractivity contribution is 0.316. The second-order valence-corrected chi connectivity index (χ2v) is 2.87. The zero-order valence-electron chi connectivity index (χ0n) is 8.43. The molecule has 80 valence electrons. The molecule has 0 aliphatic carbocycles. The predicted octanol–water partition coefficient (Wildman–Crippen LogP) is 0.907. The van der Waals surface area contributed by atoms with Crippen LogP contribution in [0.1, 0.15) is 0 Å². The van der Waals surface area contributed by atoms with Gasteiger partial charge in [0.1, 0.15) is 12.4 Å². The molecule has 0 aliphatic rings. The molecule has 0 aliphatic heterocycles. The van der Waals surface area contributed by atoms with E-state index in [2.05, 4.69) is 4.98 Å². The number of nitrogens with zero attached hydrogens (tertiary/aromatic N) is 2. The van der Waals surface area contributed by atoms with Crippen molar-refractivity contribution in [2.75, 3.05) is 32.1 Å². The Morgan fingerprint density at radius 2 is 2.14 bits per heavy atom. The van der Waals surface area contributed by atoms with Crippen molar-refractivity contribution in [2.45, 2.75) is 0 Å². The summed E-state index contributed by atoms with van der Waals surface area (Å²) in [5.41, 5.74) is 5.31. The Morgan fingerprint density at radius 3 is 2.71 bits per heavy atom. The number of aromatic nitrogens is 1. The summed E-state index contributed by atoms with van der Waals surface area (Å²) < 4.78 is 5.28. The molecule has 0 bridgehead atoms. The summed E-state index contributed by atoms with van der Waals surface area (Å²) in [5.74, 6) is 1.51. The zero-order chi connectivity index (χ0) is 9.68. The number of anilines is 1. The SMILES string of the molecule is CN(C)c1cccc(OCCN)n1.Cl. The van der Waals surface area contributed by atoms with Gasteiger partial charge in [0.05, 0.1) is 0 Å². The van der Waals surface area contributed by atoms with Gasteiger partial charge in [-0.15, -0.1) is 12.4 Å². The lowest BCUT2D eigenvalue weighted by Crippen LogP contribution is -2.13. The van der Waals surface area contributed by atoms with Crippen LogP contribution in [0.25, 0.3) is 0 Å². The van der Waals surface area contributed by atoms with Crippen LogP contribution in [0.15, 0.2) is 18.2 Å². The molecule has 1 aromatic heterocycles. The average Bonchev–Trinajstić information content (AvgIpc) is 2.15. The molecule has 0 spiro atoms. The maximum atomic E-state index is 5.31. The zero-order valence-corrected chi connectivity index (χ0v) is 9.25. The predicted molar refractivity (Wildman–Crippen MR) is 60.4 cm³/mol. The molecule has 14 heavy (non-hydrogen) atoms. The molecule has 1 heterocycles. The Bertz CT molecular complexity index is 268. The van der Waals surface area contributed by atoms with Crippen molar-refractivity contribution < 1.29 is 4.74 Å². The topological polar surface area (TPSA) is 51.4 Å². The normalized spacial score (nSPS) is 9.07. The summed E-state index contributed by atoms with van der Waals surface area (Å²) >= 11 is 0. The van der Waals surface area contributed by atoms with Gasteiger partial charge in [-0.1, -0.05) is 6.07 Å². The minimum Gasteiger partial charge on any atom is -0.476 e. The molecule has 0 amide bonds. The third-order valence-corrected chi connectivity index (χ3v) is 1.53. The Morgan fingerprint density at radius 1 is 1.43 bits per heavy atom. The van der Waals surface area contributed by atoms with Crippen molar-refractivity contribution in [1.29, 1.82) is 0 Å². The molecule has 0 aromatic carbocycles. The summed E-state index contributed by atoms with van der Waals surface area (Å²) in [7, 11) is 3.88. The molecular formula is C9H16ClN3O. The van der Waals surface area contributed by atoms with Gasteiger partial charge in [0, 0.05) is 26.7 Å². The summed E-state index contributed by atoms with van der Waals surface area (Å²) in [6.45, 7) is 1.01. The van der Waals surface area contributed by atoms with Crippen LogP contribution in [0, 0.1) is 0 Å². The molecule has 0 saturated carbocycles. The summed E-state index contributed by atoms with van der Waals surface area (Å²) in [6, 6.07) is 5.66. The van der Waals surface area contributed by atoms with Crippen LogP contribution in [0.5, 0.6) is 5.88 Å². The van der Waals surface area contributed by atoms with Gasteiger partial charge in [0.15, 0.2) is 0 Å². The van der Waals surface area contributed by atoms with E-state index in [1.165, 1.54) is 0 Å². The van der Waals surface area contributed by atoms with Gasteiger partial charge in [0.25, 0.3) is 0 Å². The fourth-order valence-electron chi connectivity index (χ4n) is 0.897. The van der Waals surface area contributed by atoms with E-state index in [9.17, 15) is 0 Å². The first-order valence-corrected chi connectivity index (χ1v) is 4.21. The van der Waals surface area contributed by atoms with Gasteiger partial charge in [-0.2, -0.15) is 4.98 Å². The molecule has 1 rings (SSSR count). The van der Waals surface area contributed by atoms with Crippen LogP contribution in [0.3, 0.4) is 0 Å². The van der Waals surface area contributed by atoms with Crippen molar-refractivity contribution in [3.63, 3.8) is 0 Å². The monoisotopic (exact) mass is 217 g/mol. The van der Waals surface area contributed by atoms with Crippen LogP contribution in [-0.4, -0.2) is 32.2 Å². The molecule has 0 fully saturated rings. The quantitative estimate of drug-likeness (QED) is 0.815. The average molecular weight is 218 g/mol. The van der Waals surface area contributed by atoms with Crippen LogP contribution in [-0.2, 0) is 0 Å². The van der Waals surface area contributed by atoms with E-state index < -0.39 is 0 Å². The molecule has 1 aromatic rings. The number of nitrogens with two attached hydrogens (primary N) is 1. The molecule has 4 nitrogen and oxygen atoms in total. The molecule has 0 radical (unpaired) electrons. The number of hydrogen-bond acceptors (Lipinski definition) is 4. The highest BCUT2D eigenvalue weighted by Gasteiger charge is 1.98. The minimum atomic E-state index is 0. The minimum absolute atomic E-state index is 0. The first-order chi connectivity index (χ1) is 6.24. The fraction of sp³-hybridized carbons (Fsp3) is 0.444. The number of rotatable bonds is 4. The second-order valence-electron chi connectivity index (χ2n) is 2.87. The highest BCUT2D eigenvalue weighted by atomic mass is 35.5. The smallest absolute Gasteiger partial charge is 0.215 e. The number of ether oxygens (including phenoxy) is 1. The number of halogens is 1. The van der Waals surface area contributed by atoms with Crippen LogP contribution < -0.4 is 15.4 Å². The first-order valence-electron chi connectivity index (χ1n) is 4.21. The van der Waals surface area contributed by atoms with Crippen LogP contribution in [0.4, 0.5) is 5.82 Å². The van der Waals surface area contributed by atoms with Gasteiger partial charge >= 0.3 is 0 Å². The number of pyridine rings is 1. The van der Waals surface area contributed by atoms with E-state index in [0.29, 0.717) is 19.0 Å². The van der Waals surface area contributed by atoms with E-state index >= 15 is 0 Å². The summed E-state index contributed by atoms with van der Waals surface area (Å²) in [4.78, 5) is 6.18. The van der Waals surface area contributed by atoms with Crippen LogP contribution in [0.2, 0.25) is 0 Å². The third kappa shape index (κ3) is 3.81. The Kier molecular flexibility index (Phi) is 5.99. The summed E-state index contributed by atoms with van der Waals surface area (Å²) in [6.07, 6.45) is 0. The largest absolute Gasteiger partial charge is 0.476 e. The van der Waals surface area contributed by atoms with Crippen LogP contribution >= 0.6 is 12.4 Å². The standard InChI is InChI=1S/C9H15N3O.ClH/c1-12(2)8-4-3-5-9(11-8)13-7-6-10;/h3-5H,6-7,10H2,1-2H3;1H. The molecule has 0 saturated heterocycles. The van der Waals surface area contributed by atoms with E-state index in [1.54, 1.807) is 0 Å². The van der Waals surface area contributed by atoms with Gasteiger partial charge in [-0.05, 0) is 6.07 Å². The Labute approximate surface area is 90.5 Å². The first kappa shape index (κ1) is 13.0. The Hall–Kier alpha value is -1.00. The summed E-state index contributed by atoms with van der Waals surface area (Å²) in [5, 5.41) is 0. The highest BCUT2D eigenvalue weighted by molar-refractivity contribution is 5.85. The van der Waals surface area contributed by atoms with Crippen molar-refractivity contribution in [2.24, 2.45) is 5.73 Å². The Balaban J connectivity index is 0.00000169. The molecule has 0 unspecified atom stereocenters.